The molecule has 0 unspecified atom stereocenters. The van der Waals surface area contributed by atoms with Crippen LogP contribution in [0.15, 0.2) is 42.5 Å². The lowest BCUT2D eigenvalue weighted by atomic mass is 9.83. The largest absolute Gasteiger partial charge is 0.513 e. The summed E-state index contributed by atoms with van der Waals surface area (Å²) in [6.45, 7) is 6.52. The Balaban J connectivity index is 1.61. The van der Waals surface area contributed by atoms with Crippen molar-refractivity contribution >= 4 is 46.5 Å². The Hall–Kier alpha value is -4.20. The zero-order chi connectivity index (χ0) is 32.2. The number of fused-ring (bicyclic) bond motifs is 3. The van der Waals surface area contributed by atoms with E-state index in [1.807, 2.05) is 6.92 Å². The lowest BCUT2D eigenvalue weighted by Gasteiger charge is -2.22. The average Bonchev–Trinajstić information content (AvgIpc) is 3.03. The Morgan fingerprint density at radius 2 is 1.00 bits per heavy atom. The van der Waals surface area contributed by atoms with Gasteiger partial charge in [-0.1, -0.05) is 120 Å². The van der Waals surface area contributed by atoms with Crippen LogP contribution >= 0.6 is 0 Å². The van der Waals surface area contributed by atoms with Gasteiger partial charge in [-0.15, -0.1) is 0 Å². The molecule has 0 bridgehead atoms. The third-order valence-electron chi connectivity index (χ3n) is 8.05. The minimum absolute atomic E-state index is 0.0819. The molecule has 2 aromatic carbocycles. The summed E-state index contributed by atoms with van der Waals surface area (Å²) < 4.78 is 21.7. The number of hydrogen-bond donors (Lipinski definition) is 0. The van der Waals surface area contributed by atoms with Gasteiger partial charge in [0.25, 0.3) is 0 Å². The van der Waals surface area contributed by atoms with Gasteiger partial charge in [-0.2, -0.15) is 0 Å². The van der Waals surface area contributed by atoms with Crippen LogP contribution in [0.3, 0.4) is 0 Å². The average molecular weight is 617 g/mol. The van der Waals surface area contributed by atoms with E-state index in [0.717, 1.165) is 56.9 Å². The maximum absolute atomic E-state index is 14.0. The van der Waals surface area contributed by atoms with Gasteiger partial charge in [-0.25, -0.2) is 9.59 Å². The van der Waals surface area contributed by atoms with Crippen LogP contribution in [0, 0.1) is 6.92 Å². The second kappa shape index (κ2) is 16.8. The zero-order valence-corrected chi connectivity index (χ0v) is 26.7. The number of rotatable bonds is 16. The molecule has 0 saturated carbocycles. The first-order valence-electron chi connectivity index (χ1n) is 16.3. The summed E-state index contributed by atoms with van der Waals surface area (Å²) in [7, 11) is 0. The first kappa shape index (κ1) is 33.7. The highest BCUT2D eigenvalue weighted by molar-refractivity contribution is 6.58. The second-order valence-corrected chi connectivity index (χ2v) is 11.6. The molecule has 0 heterocycles. The molecule has 0 fully saturated rings. The molecule has 0 aliphatic heterocycles. The van der Waals surface area contributed by atoms with Crippen LogP contribution in [0.25, 0.3) is 22.7 Å². The monoisotopic (exact) mass is 616 g/mol. The van der Waals surface area contributed by atoms with Crippen LogP contribution in [0.4, 0.5) is 9.59 Å². The van der Waals surface area contributed by atoms with Gasteiger partial charge in [0, 0.05) is 21.6 Å². The van der Waals surface area contributed by atoms with E-state index in [0.29, 0.717) is 28.5 Å². The number of carbonyl (C=O) groups excluding carboxylic acids is 4. The maximum atomic E-state index is 14.0. The number of aryl methyl sites for hydroxylation is 1. The Morgan fingerprint density at radius 3 is 1.53 bits per heavy atom. The summed E-state index contributed by atoms with van der Waals surface area (Å²) in [5.74, 6) is -1.65. The number of Topliss-reactive ketones (excluding diaryl/α,β-unsaturated/α-hetero) is 2. The Kier molecular flexibility index (Phi) is 12.5. The van der Waals surface area contributed by atoms with Crippen molar-refractivity contribution in [3.8, 4) is 0 Å². The summed E-state index contributed by atoms with van der Waals surface area (Å²) >= 11 is 0. The first-order valence-corrected chi connectivity index (χ1v) is 16.3. The van der Waals surface area contributed by atoms with Crippen LogP contribution in [-0.2, 0) is 28.5 Å². The molecule has 8 nitrogen and oxygen atoms in total. The van der Waals surface area contributed by atoms with Crippen molar-refractivity contribution in [2.45, 2.75) is 97.8 Å². The maximum Gasteiger partial charge on any atom is 0.513 e. The fourth-order valence-corrected chi connectivity index (χ4v) is 5.68. The SMILES string of the molecule is CCCCCCCCOC(=O)OC1=c2ccccc2=C2C(=O)C(OC(=O)OCCCCCCCC)=c3cc(C)ccc3=C2C1=O. The van der Waals surface area contributed by atoms with Gasteiger partial charge in [-0.3, -0.25) is 9.59 Å². The number of unbranched alkanes of at least 4 members (excludes halogenated alkanes) is 10. The van der Waals surface area contributed by atoms with Gasteiger partial charge in [0.2, 0.25) is 11.6 Å². The predicted octanol–water partition coefficient (Wildman–Crippen LogP) is 5.41. The van der Waals surface area contributed by atoms with Crippen LogP contribution in [-0.4, -0.2) is 37.1 Å². The third-order valence-corrected chi connectivity index (χ3v) is 8.05. The van der Waals surface area contributed by atoms with E-state index in [1.54, 1.807) is 42.5 Å². The molecule has 240 valence electrons. The lowest BCUT2D eigenvalue weighted by Crippen LogP contribution is -2.48. The van der Waals surface area contributed by atoms with Gasteiger partial charge in [-0.05, 0) is 36.3 Å². The van der Waals surface area contributed by atoms with E-state index in [4.69, 9.17) is 18.9 Å². The van der Waals surface area contributed by atoms with Crippen LogP contribution in [0.5, 0.6) is 0 Å². The molecule has 4 rings (SSSR count). The van der Waals surface area contributed by atoms with E-state index in [1.165, 1.54) is 12.8 Å². The van der Waals surface area contributed by atoms with Crippen LogP contribution < -0.4 is 20.9 Å². The summed E-state index contributed by atoms with van der Waals surface area (Å²) in [4.78, 5) is 53.4. The van der Waals surface area contributed by atoms with Crippen molar-refractivity contribution in [3.63, 3.8) is 0 Å². The summed E-state index contributed by atoms with van der Waals surface area (Å²) in [5.41, 5.74) is 0.966. The molecule has 0 aromatic heterocycles. The number of ketones is 2. The summed E-state index contributed by atoms with van der Waals surface area (Å²) in [6.07, 6.45) is 10.4. The fourth-order valence-electron chi connectivity index (χ4n) is 5.68. The van der Waals surface area contributed by atoms with E-state index in [-0.39, 0.29) is 41.1 Å². The molecule has 8 heteroatoms. The summed E-state index contributed by atoms with van der Waals surface area (Å²) in [5, 5.41) is 1.37. The third kappa shape index (κ3) is 8.50. The Morgan fingerprint density at radius 1 is 0.556 bits per heavy atom. The molecular formula is C37H44O8. The number of benzene rings is 2. The molecule has 0 saturated heterocycles. The Labute approximate surface area is 264 Å². The van der Waals surface area contributed by atoms with Crippen molar-refractivity contribution in [1.82, 2.24) is 0 Å². The van der Waals surface area contributed by atoms with Crippen molar-refractivity contribution < 1.29 is 38.1 Å². The van der Waals surface area contributed by atoms with Gasteiger partial charge >= 0.3 is 12.3 Å². The fraction of sp³-hybridized carbons (Fsp3) is 0.459. The van der Waals surface area contributed by atoms with E-state index >= 15 is 0 Å². The molecule has 0 spiro atoms. The molecule has 0 atom stereocenters. The number of carbonyl (C=O) groups is 4. The van der Waals surface area contributed by atoms with Crippen molar-refractivity contribution in [2.75, 3.05) is 13.2 Å². The summed E-state index contributed by atoms with van der Waals surface area (Å²) in [6, 6.07) is 11.9. The quantitative estimate of drug-likeness (QED) is 0.182. The zero-order valence-electron chi connectivity index (χ0n) is 26.7. The molecular weight excluding hydrogens is 572 g/mol. The molecule has 0 N–H and O–H groups in total. The van der Waals surface area contributed by atoms with Gasteiger partial charge in [0.05, 0.1) is 13.2 Å². The highest BCUT2D eigenvalue weighted by Gasteiger charge is 2.37. The molecule has 2 aromatic rings. The second-order valence-electron chi connectivity index (χ2n) is 11.6. The number of ether oxygens (including phenoxy) is 4. The highest BCUT2D eigenvalue weighted by Crippen LogP contribution is 2.26. The van der Waals surface area contributed by atoms with Gasteiger partial charge in [0.1, 0.15) is 0 Å². The minimum Gasteiger partial charge on any atom is -0.434 e. The lowest BCUT2D eigenvalue weighted by molar-refractivity contribution is -0.112. The number of hydrogen-bond acceptors (Lipinski definition) is 8. The minimum atomic E-state index is -0.972. The van der Waals surface area contributed by atoms with Crippen LogP contribution in [0.2, 0.25) is 0 Å². The highest BCUT2D eigenvalue weighted by atomic mass is 16.7. The molecule has 2 aliphatic carbocycles. The standard InChI is InChI=1S/C37H44O8/c1-4-6-8-10-12-16-22-42-36(40)44-34-28-19-15-14-18-26(28)30-31(32(34)38)27-21-20-25(3)24-29(27)35(33(30)39)45-37(41)43-23-17-13-11-9-7-5-2/h14-15,18-21,24H,4-13,16-17,22-23H2,1-3H3. The van der Waals surface area contributed by atoms with E-state index in [9.17, 15) is 19.2 Å². The van der Waals surface area contributed by atoms with Crippen molar-refractivity contribution in [2.24, 2.45) is 0 Å². The first-order chi connectivity index (χ1) is 21.9. The van der Waals surface area contributed by atoms with Gasteiger partial charge in [0.15, 0.2) is 11.5 Å². The molecule has 0 radical (unpaired) electrons. The predicted molar refractivity (Wildman–Crippen MR) is 171 cm³/mol. The molecule has 0 amide bonds. The Bertz CT molecular complexity index is 1670. The van der Waals surface area contributed by atoms with Crippen LogP contribution in [0.1, 0.15) is 96.5 Å². The van der Waals surface area contributed by atoms with Crippen molar-refractivity contribution in [3.05, 3.63) is 68.9 Å². The van der Waals surface area contributed by atoms with E-state index < -0.39 is 23.9 Å². The molecule has 45 heavy (non-hydrogen) atoms. The smallest absolute Gasteiger partial charge is 0.434 e. The normalized spacial score (nSPS) is 13.7. The topological polar surface area (TPSA) is 105 Å². The molecule has 2 aliphatic rings. The van der Waals surface area contributed by atoms with Gasteiger partial charge < -0.3 is 18.9 Å². The van der Waals surface area contributed by atoms with E-state index in [2.05, 4.69) is 13.8 Å². The van der Waals surface area contributed by atoms with Crippen molar-refractivity contribution in [1.29, 1.82) is 0 Å².